The minimum absolute atomic E-state index is 0. The summed E-state index contributed by atoms with van der Waals surface area (Å²) in [7, 11) is 0.787. The van der Waals surface area contributed by atoms with Crippen LogP contribution in [0.5, 0.6) is 0 Å². The van der Waals surface area contributed by atoms with Crippen molar-refractivity contribution in [3.63, 3.8) is 0 Å². The normalized spacial score (nSPS) is 10.5. The van der Waals surface area contributed by atoms with E-state index in [1.54, 1.807) is 7.05 Å². The van der Waals surface area contributed by atoms with Gasteiger partial charge in [-0.05, 0) is 22.4 Å². The number of hydrogen-bond donors (Lipinski definition) is 0. The average Bonchev–Trinajstić information content (AvgIpc) is 3.31. The first-order valence-corrected chi connectivity index (χ1v) is 9.42. The summed E-state index contributed by atoms with van der Waals surface area (Å²) in [5.74, 6) is 0. The number of nitrogens with zero attached hydrogens (tertiary/aromatic N) is 1. The first kappa shape index (κ1) is 25.2. The number of carbonyl (C=O) groups excluding carboxylic acids is 1. The predicted molar refractivity (Wildman–Crippen MR) is 112 cm³/mol. The van der Waals surface area contributed by atoms with Crippen LogP contribution in [0.3, 0.4) is 0 Å². The van der Waals surface area contributed by atoms with Gasteiger partial charge < -0.3 is 9.69 Å². The van der Waals surface area contributed by atoms with E-state index < -0.39 is 7.92 Å². The Morgan fingerprint density at radius 2 is 1.33 bits per heavy atom. The number of rotatable bonds is 4. The summed E-state index contributed by atoms with van der Waals surface area (Å²) in [4.78, 5) is 12.2. The monoisotopic (exact) mass is 435 g/mol. The van der Waals surface area contributed by atoms with Crippen LogP contribution in [0.4, 0.5) is 0 Å². The Labute approximate surface area is 178 Å². The van der Waals surface area contributed by atoms with Crippen LogP contribution in [0.25, 0.3) is 0 Å². The van der Waals surface area contributed by atoms with Gasteiger partial charge in [0.25, 0.3) is 0 Å². The van der Waals surface area contributed by atoms with Crippen molar-refractivity contribution >= 4 is 41.9 Å². The molecule has 2 aromatic carbocycles. The van der Waals surface area contributed by atoms with Crippen molar-refractivity contribution in [2.24, 2.45) is 0 Å². The molecule has 0 unspecified atom stereocenters. The third kappa shape index (κ3) is 8.60. The standard InChI is InChI=1S/C15H13NOPS.C5H5.CO.Fe/c1-16(12-17)15(19)18(13-8-4-2-5-9-13)14-10-6-3-7-11-14;1-2-4-5-3-1;1-2;/h2-11H,1H3;1-5H;;/q-1;;;. The molecule has 139 valence electrons. The zero-order valence-corrected chi connectivity index (χ0v) is 17.4. The molecule has 1 radical (unpaired) electrons. The zero-order chi connectivity index (χ0) is 19.2. The molecule has 0 aliphatic heterocycles. The second kappa shape index (κ2) is 15.2. The maximum Gasteiger partial charge on any atom is 0.00506 e. The van der Waals surface area contributed by atoms with Crippen LogP contribution in [-0.2, 0) is 26.5 Å². The molecule has 0 heterocycles. The van der Waals surface area contributed by atoms with Gasteiger partial charge in [0.1, 0.15) is 0 Å². The van der Waals surface area contributed by atoms with Gasteiger partial charge in [0.05, 0.1) is 6.41 Å². The van der Waals surface area contributed by atoms with Crippen molar-refractivity contribution < 1.29 is 26.5 Å². The molecule has 2 aromatic rings. The molecule has 0 atom stereocenters. The van der Waals surface area contributed by atoms with Crippen molar-refractivity contribution in [2.75, 3.05) is 7.05 Å². The van der Waals surface area contributed by atoms with Gasteiger partial charge in [-0.3, -0.25) is 0 Å². The molecule has 0 saturated carbocycles. The SMILES string of the molecule is CN([C-]=O)C(=S)P(c1ccccc1)c1ccccc1.[C-]#[O+].[CH]1C=CC=C1.[Fe]. The van der Waals surface area contributed by atoms with Gasteiger partial charge in [-0.25, -0.2) is 0 Å². The topological polar surface area (TPSA) is 40.2 Å². The predicted octanol–water partition coefficient (Wildman–Crippen LogP) is 3.68. The van der Waals surface area contributed by atoms with Gasteiger partial charge in [0, 0.05) is 23.5 Å². The van der Waals surface area contributed by atoms with E-state index in [2.05, 4.69) is 6.65 Å². The Balaban J connectivity index is 0.000000719. The smallest absolute Gasteiger partial charge is 0.00506 e. The second-order valence-corrected chi connectivity index (χ2v) is 7.72. The molecule has 0 bridgehead atoms. The van der Waals surface area contributed by atoms with Gasteiger partial charge in [-0.2, -0.15) is 12.2 Å². The number of thiocarbonyl (C=S) groups is 1. The van der Waals surface area contributed by atoms with Crippen molar-refractivity contribution in [3.05, 3.63) is 98.0 Å². The molecular weight excluding hydrogens is 417 g/mol. The summed E-state index contributed by atoms with van der Waals surface area (Å²) >= 11 is 5.45. The van der Waals surface area contributed by atoms with E-state index in [1.807, 2.05) is 97.8 Å². The molecule has 6 heteroatoms. The Hall–Kier alpha value is -1.83. The van der Waals surface area contributed by atoms with E-state index in [4.69, 9.17) is 16.9 Å². The van der Waals surface area contributed by atoms with E-state index in [-0.39, 0.29) is 17.1 Å². The average molecular weight is 435 g/mol. The van der Waals surface area contributed by atoms with Crippen LogP contribution in [0.1, 0.15) is 0 Å². The van der Waals surface area contributed by atoms with Crippen LogP contribution in [0.2, 0.25) is 0 Å². The first-order chi connectivity index (χ1) is 12.7. The summed E-state index contributed by atoms with van der Waals surface area (Å²) in [6, 6.07) is 20.1. The van der Waals surface area contributed by atoms with Crippen LogP contribution in [0.15, 0.2) is 85.0 Å². The molecule has 0 N–H and O–H groups in total. The largest absolute Gasteiger partial charge is 0.0767 e. The van der Waals surface area contributed by atoms with Crippen molar-refractivity contribution in [2.45, 2.75) is 0 Å². The summed E-state index contributed by atoms with van der Waals surface area (Å²) in [6.07, 6.45) is 11.8. The fraction of sp³-hybridized carbons (Fsp3) is 0.0476. The second-order valence-electron chi connectivity index (χ2n) is 4.90. The number of benzene rings is 2. The Morgan fingerprint density at radius 3 is 1.63 bits per heavy atom. The van der Waals surface area contributed by atoms with Crippen LogP contribution in [-0.4, -0.2) is 23.1 Å². The van der Waals surface area contributed by atoms with Gasteiger partial charge in [-0.15, -0.1) is 0 Å². The maximum absolute atomic E-state index is 10.8. The molecule has 0 aromatic heterocycles. The summed E-state index contributed by atoms with van der Waals surface area (Å²) in [6.45, 7) is 4.50. The third-order valence-corrected chi connectivity index (χ3v) is 6.33. The molecule has 3 rings (SSSR count). The minimum Gasteiger partial charge on any atom is -0.0767 e. The number of amides is 1. The van der Waals surface area contributed by atoms with Crippen molar-refractivity contribution in [1.29, 1.82) is 0 Å². The van der Waals surface area contributed by atoms with Gasteiger partial charge >= 0.3 is 11.3 Å². The van der Waals surface area contributed by atoms with Crippen LogP contribution >= 0.6 is 20.1 Å². The first-order valence-electron chi connectivity index (χ1n) is 7.67. The fourth-order valence-corrected chi connectivity index (χ4v) is 4.72. The fourth-order valence-electron chi connectivity index (χ4n) is 2.03. The number of allylic oxidation sites excluding steroid dienone is 4. The molecule has 0 spiro atoms. The quantitative estimate of drug-likeness (QED) is 0.184. The van der Waals surface area contributed by atoms with E-state index in [9.17, 15) is 4.79 Å². The molecule has 1 aliphatic carbocycles. The summed E-state index contributed by atoms with van der Waals surface area (Å²) in [5.41, 5.74) is 0. The summed E-state index contributed by atoms with van der Waals surface area (Å²) < 4.78 is 8.11. The molecule has 3 nitrogen and oxygen atoms in total. The van der Waals surface area contributed by atoms with E-state index >= 15 is 0 Å². The van der Waals surface area contributed by atoms with E-state index in [1.165, 1.54) is 4.90 Å². The minimum atomic E-state index is -0.862. The zero-order valence-electron chi connectivity index (χ0n) is 14.6. The van der Waals surface area contributed by atoms with Crippen molar-refractivity contribution in [3.8, 4) is 0 Å². The molecular formula is C21H18FeNO2PS-. The Morgan fingerprint density at radius 1 is 0.926 bits per heavy atom. The molecule has 1 amide bonds. The molecule has 1 aliphatic rings. The van der Waals surface area contributed by atoms with Gasteiger partial charge in [-0.1, -0.05) is 92.9 Å². The Kier molecular flexibility index (Phi) is 14.2. The van der Waals surface area contributed by atoms with E-state index in [0.29, 0.717) is 4.73 Å². The van der Waals surface area contributed by atoms with E-state index in [0.717, 1.165) is 10.6 Å². The van der Waals surface area contributed by atoms with Gasteiger partial charge in [0.2, 0.25) is 0 Å². The maximum atomic E-state index is 10.8. The van der Waals surface area contributed by atoms with Crippen LogP contribution in [0, 0.1) is 13.1 Å². The molecule has 0 fully saturated rings. The molecule has 27 heavy (non-hydrogen) atoms. The summed E-state index contributed by atoms with van der Waals surface area (Å²) in [5, 5.41) is 2.27. The Bertz CT molecular complexity index is 714. The molecule has 0 saturated heterocycles. The van der Waals surface area contributed by atoms with Crippen LogP contribution < -0.4 is 10.6 Å². The van der Waals surface area contributed by atoms with Crippen molar-refractivity contribution in [1.82, 2.24) is 4.90 Å². The third-order valence-electron chi connectivity index (χ3n) is 3.20. The van der Waals surface area contributed by atoms with Gasteiger partial charge in [0.15, 0.2) is 0 Å². The number of hydrogen-bond acceptors (Lipinski definition) is 2.